The number of aromatic nitrogens is 2. The first-order chi connectivity index (χ1) is 17.2. The molecule has 9 nitrogen and oxygen atoms in total. The number of hydrogen-bond donors (Lipinski definition) is 2. The Morgan fingerprint density at radius 2 is 1.78 bits per heavy atom. The van der Waals surface area contributed by atoms with E-state index in [2.05, 4.69) is 4.98 Å². The highest BCUT2D eigenvalue weighted by molar-refractivity contribution is 6.05. The molecule has 1 aliphatic heterocycles. The molecule has 3 aromatic rings. The first-order valence-corrected chi connectivity index (χ1v) is 11.7. The SMILES string of the molecule is CC(C)CN(C(=O)C1CC(=O)N(c2ccccc2F)C1)c1c(N)n(Cc2ccccc2)c(=O)[nH]c1=O. The molecule has 0 radical (unpaired) electrons. The van der Waals surface area contributed by atoms with Crippen molar-refractivity contribution in [3.05, 3.63) is 86.8 Å². The summed E-state index contributed by atoms with van der Waals surface area (Å²) in [5, 5.41) is 0. The summed E-state index contributed by atoms with van der Waals surface area (Å²) in [7, 11) is 0. The van der Waals surface area contributed by atoms with Crippen molar-refractivity contribution in [2.75, 3.05) is 28.6 Å². The average molecular weight is 494 g/mol. The van der Waals surface area contributed by atoms with E-state index in [0.29, 0.717) is 0 Å². The maximum Gasteiger partial charge on any atom is 0.330 e. The van der Waals surface area contributed by atoms with Gasteiger partial charge in [0.15, 0.2) is 5.69 Å². The molecule has 2 heterocycles. The summed E-state index contributed by atoms with van der Waals surface area (Å²) in [5.41, 5.74) is 5.60. The number of aromatic amines is 1. The van der Waals surface area contributed by atoms with Crippen LogP contribution in [0, 0.1) is 17.7 Å². The van der Waals surface area contributed by atoms with Gasteiger partial charge in [-0.25, -0.2) is 9.18 Å². The van der Waals surface area contributed by atoms with Crippen molar-refractivity contribution in [2.45, 2.75) is 26.8 Å². The first-order valence-electron chi connectivity index (χ1n) is 11.7. The monoisotopic (exact) mass is 493 g/mol. The largest absolute Gasteiger partial charge is 0.383 e. The minimum Gasteiger partial charge on any atom is -0.383 e. The Morgan fingerprint density at radius 3 is 2.44 bits per heavy atom. The minimum absolute atomic E-state index is 0.0331. The van der Waals surface area contributed by atoms with Gasteiger partial charge in [0, 0.05) is 19.5 Å². The molecule has 0 saturated carbocycles. The van der Waals surface area contributed by atoms with Gasteiger partial charge in [0.2, 0.25) is 11.8 Å². The molecule has 10 heteroatoms. The Balaban J connectivity index is 1.71. The van der Waals surface area contributed by atoms with Crippen LogP contribution in [-0.2, 0) is 16.1 Å². The molecule has 1 saturated heterocycles. The third-order valence-electron chi connectivity index (χ3n) is 6.10. The molecule has 188 valence electrons. The number of amides is 2. The van der Waals surface area contributed by atoms with E-state index in [-0.39, 0.29) is 55.1 Å². The quantitative estimate of drug-likeness (QED) is 0.523. The molecular formula is C26H28FN5O4. The lowest BCUT2D eigenvalue weighted by Crippen LogP contribution is -2.45. The summed E-state index contributed by atoms with van der Waals surface area (Å²) in [5.74, 6) is -2.45. The average Bonchev–Trinajstić information content (AvgIpc) is 3.22. The summed E-state index contributed by atoms with van der Waals surface area (Å²) in [6.07, 6.45) is -0.136. The lowest BCUT2D eigenvalue weighted by atomic mass is 10.1. The predicted molar refractivity (Wildman–Crippen MR) is 135 cm³/mol. The molecule has 2 amide bonds. The summed E-state index contributed by atoms with van der Waals surface area (Å²) < 4.78 is 15.5. The summed E-state index contributed by atoms with van der Waals surface area (Å²) in [6, 6.07) is 15.0. The van der Waals surface area contributed by atoms with Crippen LogP contribution in [-0.4, -0.2) is 34.5 Å². The molecule has 2 aromatic carbocycles. The van der Waals surface area contributed by atoms with Crippen molar-refractivity contribution in [1.29, 1.82) is 0 Å². The third-order valence-corrected chi connectivity index (χ3v) is 6.10. The zero-order valence-corrected chi connectivity index (χ0v) is 20.1. The van der Waals surface area contributed by atoms with Crippen LogP contribution in [0.5, 0.6) is 0 Å². The van der Waals surface area contributed by atoms with Crippen molar-refractivity contribution < 1.29 is 14.0 Å². The Kier molecular flexibility index (Phi) is 7.05. The lowest BCUT2D eigenvalue weighted by molar-refractivity contribution is -0.124. The van der Waals surface area contributed by atoms with E-state index in [9.17, 15) is 23.6 Å². The van der Waals surface area contributed by atoms with Gasteiger partial charge < -0.3 is 15.5 Å². The number of anilines is 3. The molecule has 1 aromatic heterocycles. The number of H-pyrrole nitrogens is 1. The Bertz CT molecular complexity index is 1400. The van der Waals surface area contributed by atoms with E-state index in [1.165, 1.54) is 32.6 Å². The van der Waals surface area contributed by atoms with Gasteiger partial charge in [0.05, 0.1) is 18.2 Å². The topological polar surface area (TPSA) is 121 Å². The molecule has 1 unspecified atom stereocenters. The van der Waals surface area contributed by atoms with E-state index in [1.54, 1.807) is 6.07 Å². The Morgan fingerprint density at radius 1 is 1.11 bits per heavy atom. The van der Waals surface area contributed by atoms with Crippen molar-refractivity contribution in [2.24, 2.45) is 11.8 Å². The number of nitrogens with one attached hydrogen (secondary N) is 1. The predicted octanol–water partition coefficient (Wildman–Crippen LogP) is 2.35. The van der Waals surface area contributed by atoms with E-state index in [0.717, 1.165) is 5.56 Å². The maximum atomic E-state index is 14.3. The fraction of sp³-hybridized carbons (Fsp3) is 0.308. The zero-order chi connectivity index (χ0) is 26.0. The molecule has 0 aliphatic carbocycles. The van der Waals surface area contributed by atoms with Crippen molar-refractivity contribution >= 4 is 29.0 Å². The molecule has 1 aliphatic rings. The molecule has 1 fully saturated rings. The van der Waals surface area contributed by atoms with Gasteiger partial charge in [-0.3, -0.25) is 23.9 Å². The number of nitrogens with two attached hydrogens (primary N) is 1. The second kappa shape index (κ2) is 10.2. The number of carbonyl (C=O) groups is 2. The van der Waals surface area contributed by atoms with Crippen LogP contribution in [0.15, 0.2) is 64.2 Å². The summed E-state index contributed by atoms with van der Waals surface area (Å²) in [6.45, 7) is 3.95. The Hall–Kier alpha value is -4.21. The number of para-hydroxylation sites is 1. The van der Waals surface area contributed by atoms with Gasteiger partial charge in [-0.2, -0.15) is 0 Å². The van der Waals surface area contributed by atoms with E-state index in [1.807, 2.05) is 44.2 Å². The van der Waals surface area contributed by atoms with Crippen molar-refractivity contribution in [3.8, 4) is 0 Å². The highest BCUT2D eigenvalue weighted by Gasteiger charge is 2.39. The van der Waals surface area contributed by atoms with Gasteiger partial charge in [0.1, 0.15) is 11.6 Å². The number of nitrogen functional groups attached to an aromatic ring is 1. The Labute approximate surface area is 207 Å². The molecule has 0 bridgehead atoms. The number of nitrogens with zero attached hydrogens (tertiary/aromatic N) is 3. The maximum absolute atomic E-state index is 14.3. The van der Waals surface area contributed by atoms with Crippen molar-refractivity contribution in [1.82, 2.24) is 9.55 Å². The normalized spacial score (nSPS) is 15.5. The molecule has 4 rings (SSSR count). The van der Waals surface area contributed by atoms with E-state index >= 15 is 0 Å². The fourth-order valence-corrected chi connectivity index (χ4v) is 4.41. The molecule has 3 N–H and O–H groups in total. The number of halogens is 1. The highest BCUT2D eigenvalue weighted by atomic mass is 19.1. The van der Waals surface area contributed by atoms with Crippen LogP contribution >= 0.6 is 0 Å². The number of carbonyl (C=O) groups excluding carboxylic acids is 2. The minimum atomic E-state index is -0.816. The van der Waals surface area contributed by atoms with Gasteiger partial charge in [-0.15, -0.1) is 0 Å². The molecule has 36 heavy (non-hydrogen) atoms. The van der Waals surface area contributed by atoms with Crippen LogP contribution < -0.4 is 26.8 Å². The first kappa shape index (κ1) is 24.9. The second-order valence-electron chi connectivity index (χ2n) is 9.26. The van der Waals surface area contributed by atoms with Crippen LogP contribution in [0.25, 0.3) is 0 Å². The second-order valence-corrected chi connectivity index (χ2v) is 9.26. The van der Waals surface area contributed by atoms with Crippen LogP contribution in [0.2, 0.25) is 0 Å². The zero-order valence-electron chi connectivity index (χ0n) is 20.1. The highest BCUT2D eigenvalue weighted by Crippen LogP contribution is 2.30. The summed E-state index contributed by atoms with van der Waals surface area (Å²) in [4.78, 5) is 56.7. The van der Waals surface area contributed by atoms with Crippen LogP contribution in [0.4, 0.5) is 21.6 Å². The van der Waals surface area contributed by atoms with Gasteiger partial charge in [-0.05, 0) is 23.6 Å². The van der Waals surface area contributed by atoms with E-state index < -0.39 is 28.9 Å². The van der Waals surface area contributed by atoms with Crippen LogP contribution in [0.3, 0.4) is 0 Å². The number of benzene rings is 2. The molecule has 0 spiro atoms. The lowest BCUT2D eigenvalue weighted by Gasteiger charge is -2.28. The van der Waals surface area contributed by atoms with Crippen LogP contribution in [0.1, 0.15) is 25.8 Å². The van der Waals surface area contributed by atoms with E-state index in [4.69, 9.17) is 5.73 Å². The smallest absolute Gasteiger partial charge is 0.330 e. The molecular weight excluding hydrogens is 465 g/mol. The number of hydrogen-bond acceptors (Lipinski definition) is 5. The fourth-order valence-electron chi connectivity index (χ4n) is 4.41. The van der Waals surface area contributed by atoms with Gasteiger partial charge >= 0.3 is 5.69 Å². The third kappa shape index (κ3) is 4.93. The summed E-state index contributed by atoms with van der Waals surface area (Å²) >= 11 is 0. The molecule has 1 atom stereocenters. The number of rotatable bonds is 7. The van der Waals surface area contributed by atoms with Gasteiger partial charge in [-0.1, -0.05) is 56.3 Å². The van der Waals surface area contributed by atoms with Crippen molar-refractivity contribution in [3.63, 3.8) is 0 Å². The standard InChI is InChI=1S/C26H28FN5O4/c1-16(2)13-31(25(35)18-12-21(33)30(15-18)20-11-7-6-10-19(20)27)22-23(28)32(26(36)29-24(22)34)14-17-8-4-3-5-9-17/h3-11,16,18H,12-15,28H2,1-2H3,(H,29,34,36). The van der Waals surface area contributed by atoms with Gasteiger partial charge in [0.25, 0.3) is 5.56 Å².